The Hall–Kier alpha value is -8.26. The van der Waals surface area contributed by atoms with Gasteiger partial charge in [-0.1, -0.05) is 12.1 Å². The van der Waals surface area contributed by atoms with Crippen molar-refractivity contribution in [3.05, 3.63) is 133 Å². The topological polar surface area (TPSA) is 262 Å². The summed E-state index contributed by atoms with van der Waals surface area (Å²) in [6, 6.07) is 17.2. The van der Waals surface area contributed by atoms with Crippen molar-refractivity contribution in [1.82, 2.24) is 59.4 Å². The van der Waals surface area contributed by atoms with Crippen molar-refractivity contribution in [2.24, 2.45) is 0 Å². The monoisotopic (exact) mass is 1060 g/mol. The molecule has 6 heterocycles. The van der Waals surface area contributed by atoms with Gasteiger partial charge in [0.25, 0.3) is 0 Å². The van der Waals surface area contributed by atoms with Crippen molar-refractivity contribution < 1.29 is 54.0 Å². The Morgan fingerprint density at radius 3 is 1.08 bits per heavy atom. The summed E-state index contributed by atoms with van der Waals surface area (Å²) in [5.41, 5.74) is 1.50. The Bertz CT molecular complexity index is 3170. The van der Waals surface area contributed by atoms with Crippen molar-refractivity contribution >= 4 is 19.7 Å². The van der Waals surface area contributed by atoms with Gasteiger partial charge in [-0.15, -0.1) is 20.4 Å². The fourth-order valence-electron chi connectivity index (χ4n) is 7.45. The highest BCUT2D eigenvalue weighted by Gasteiger charge is 2.32. The highest BCUT2D eigenvalue weighted by atomic mass is 32.2. The number of rotatable bonds is 20. The summed E-state index contributed by atoms with van der Waals surface area (Å²) in [5.74, 6) is 1.42. The summed E-state index contributed by atoms with van der Waals surface area (Å²) in [5, 5.41) is 15.2. The van der Waals surface area contributed by atoms with Gasteiger partial charge in [-0.3, -0.25) is 9.13 Å². The first-order chi connectivity index (χ1) is 35.6. The van der Waals surface area contributed by atoms with Gasteiger partial charge in [-0.25, -0.2) is 55.5 Å². The van der Waals surface area contributed by atoms with Gasteiger partial charge in [0, 0.05) is 25.2 Å². The molecular weight excluding hydrogens is 1010 g/mol. The molecule has 0 unspecified atom stereocenters. The number of methoxy groups -OCH3 is 6. The molecule has 8 rings (SSSR count). The largest absolute Gasteiger partial charge is 0.494 e. The number of hydrogen-bond acceptors (Lipinski definition) is 20. The van der Waals surface area contributed by atoms with Crippen LogP contribution < -0.4 is 28.4 Å². The zero-order valence-corrected chi connectivity index (χ0v) is 42.9. The molecule has 0 saturated carbocycles. The number of aromatic nitrogens is 12. The normalized spacial score (nSPS) is 12.2. The first-order valence-electron chi connectivity index (χ1n) is 22.2. The molecular formula is C48H50F2N12O10S2. The maximum Gasteiger partial charge on any atom is 0.191 e. The summed E-state index contributed by atoms with van der Waals surface area (Å²) < 4.78 is 116. The van der Waals surface area contributed by atoms with Crippen LogP contribution in [0.4, 0.5) is 8.78 Å². The third-order valence-corrected chi connectivity index (χ3v) is 15.4. The maximum atomic E-state index is 13.4. The predicted octanol–water partition coefficient (Wildman–Crippen LogP) is 5.66. The van der Waals surface area contributed by atoms with E-state index < -0.39 is 53.3 Å². The summed E-state index contributed by atoms with van der Waals surface area (Å²) in [6.45, 7) is 3.07. The number of halogens is 2. The molecule has 2 aromatic carbocycles. The van der Waals surface area contributed by atoms with E-state index in [-0.39, 0.29) is 47.8 Å². The summed E-state index contributed by atoms with van der Waals surface area (Å²) in [6.07, 6.45) is 7.12. The van der Waals surface area contributed by atoms with E-state index in [1.54, 1.807) is 82.2 Å². The van der Waals surface area contributed by atoms with E-state index in [0.29, 0.717) is 57.3 Å². The highest BCUT2D eigenvalue weighted by Crippen LogP contribution is 2.40. The maximum absolute atomic E-state index is 13.4. The summed E-state index contributed by atoms with van der Waals surface area (Å²) in [7, 11) is 1.34. The van der Waals surface area contributed by atoms with Crippen molar-refractivity contribution in [2.75, 3.05) is 42.7 Å². The van der Waals surface area contributed by atoms with Gasteiger partial charge >= 0.3 is 0 Å². The number of nitrogens with zero attached hydrogens (tertiary/aromatic N) is 12. The van der Waals surface area contributed by atoms with Crippen LogP contribution in [-0.4, -0.2) is 129 Å². The Labute approximate surface area is 424 Å². The molecule has 6 aromatic heterocycles. The number of ether oxygens (including phenoxy) is 6. The van der Waals surface area contributed by atoms with Crippen molar-refractivity contribution in [3.63, 3.8) is 0 Å². The number of hydrogen-bond donors (Lipinski definition) is 0. The smallest absolute Gasteiger partial charge is 0.191 e. The van der Waals surface area contributed by atoms with E-state index in [4.69, 9.17) is 28.4 Å². The zero-order chi connectivity index (χ0) is 53.2. The number of sulfone groups is 2. The first-order valence-corrected chi connectivity index (χ1v) is 25.7. The van der Waals surface area contributed by atoms with Gasteiger partial charge in [0.15, 0.2) is 54.6 Å². The van der Waals surface area contributed by atoms with Crippen LogP contribution in [0.15, 0.2) is 97.8 Å². The average Bonchev–Trinajstić information content (AvgIpc) is 4.01. The Kier molecular flexibility index (Phi) is 17.0. The second kappa shape index (κ2) is 23.5. The lowest BCUT2D eigenvalue weighted by atomic mass is 10.2. The van der Waals surface area contributed by atoms with Gasteiger partial charge in [0.05, 0.1) is 77.9 Å². The number of pyridine rings is 2. The molecule has 0 saturated heterocycles. The lowest BCUT2D eigenvalue weighted by molar-refractivity contribution is 0.390. The van der Waals surface area contributed by atoms with Gasteiger partial charge in [-0.2, -0.15) is 0 Å². The molecule has 0 aliphatic rings. The highest BCUT2D eigenvalue weighted by molar-refractivity contribution is 7.91. The molecule has 388 valence electrons. The fourth-order valence-corrected chi connectivity index (χ4v) is 9.92. The second-order valence-electron chi connectivity index (χ2n) is 16.0. The van der Waals surface area contributed by atoms with E-state index in [1.165, 1.54) is 56.5 Å². The lowest BCUT2D eigenvalue weighted by Gasteiger charge is -2.18. The van der Waals surface area contributed by atoms with Crippen LogP contribution in [-0.2, 0) is 44.0 Å². The van der Waals surface area contributed by atoms with E-state index in [9.17, 15) is 25.6 Å². The molecule has 0 bridgehead atoms. The minimum absolute atomic E-state index is 0.00431. The minimum Gasteiger partial charge on any atom is -0.494 e. The van der Waals surface area contributed by atoms with Gasteiger partial charge in [0.2, 0.25) is 0 Å². The molecule has 0 aliphatic heterocycles. The fraction of sp³-hybridized carbons (Fsp3) is 0.292. The predicted molar refractivity (Wildman–Crippen MR) is 264 cm³/mol. The van der Waals surface area contributed by atoms with E-state index in [0.717, 1.165) is 24.8 Å². The average molecular weight is 1060 g/mol. The van der Waals surface area contributed by atoms with Crippen molar-refractivity contribution in [3.8, 4) is 68.9 Å². The minimum atomic E-state index is -3.81. The summed E-state index contributed by atoms with van der Waals surface area (Å²) in [4.78, 5) is 24.3. The first kappa shape index (κ1) is 53.5. The second-order valence-corrected chi connectivity index (χ2v) is 20.8. The van der Waals surface area contributed by atoms with Gasteiger partial charge in [-0.05, 0) is 62.4 Å². The van der Waals surface area contributed by atoms with Crippen LogP contribution in [0.2, 0.25) is 0 Å². The van der Waals surface area contributed by atoms with Crippen LogP contribution in [0, 0.1) is 11.6 Å². The van der Waals surface area contributed by atoms with E-state index >= 15 is 0 Å². The quantitative estimate of drug-likeness (QED) is 0.0891. The Morgan fingerprint density at radius 1 is 0.459 bits per heavy atom. The standard InChI is InChI=1S/2C24H25FN6O5S/c2*1-15(11-20-27-12-16(25)13-28-20)37(32,33)14-21-29-30-24(22-17(34-2)9-6-10-26-22)31(21)23-18(35-3)7-5-8-19(23)36-4/h2*5-10,12-13,15H,11,14H2,1-4H3/t2*15-/m10/s1. The van der Waals surface area contributed by atoms with Gasteiger partial charge < -0.3 is 28.4 Å². The third kappa shape index (κ3) is 11.8. The SMILES string of the molecule is COc1cccnc1-c1nnc(CS(=O)(=O)[C@@H](C)Cc2ncc(F)cn2)n1-c1c(OC)cccc1OC.COc1cccnc1-c1nnc(CS(=O)(=O)[C@H](C)Cc2ncc(F)cn2)n1-c1c(OC)cccc1OC. The molecule has 26 heteroatoms. The molecule has 74 heavy (non-hydrogen) atoms. The molecule has 0 radical (unpaired) electrons. The van der Waals surface area contributed by atoms with Crippen LogP contribution >= 0.6 is 0 Å². The molecule has 0 N–H and O–H groups in total. The van der Waals surface area contributed by atoms with Crippen LogP contribution in [0.5, 0.6) is 34.5 Å². The Morgan fingerprint density at radius 2 is 0.770 bits per heavy atom. The van der Waals surface area contributed by atoms with E-state index in [1.807, 2.05) is 0 Å². The number of benzene rings is 2. The molecule has 22 nitrogen and oxygen atoms in total. The van der Waals surface area contributed by atoms with Crippen molar-refractivity contribution in [1.29, 1.82) is 0 Å². The molecule has 8 aromatic rings. The van der Waals surface area contributed by atoms with Crippen molar-refractivity contribution in [2.45, 2.75) is 48.7 Å². The van der Waals surface area contributed by atoms with Crippen LogP contribution in [0.25, 0.3) is 34.4 Å². The van der Waals surface area contributed by atoms with Crippen LogP contribution in [0.3, 0.4) is 0 Å². The van der Waals surface area contributed by atoms with Gasteiger partial charge in [0.1, 0.15) is 80.4 Å². The molecule has 0 aliphatic carbocycles. The zero-order valence-electron chi connectivity index (χ0n) is 41.2. The summed E-state index contributed by atoms with van der Waals surface area (Å²) >= 11 is 0. The molecule has 2 atom stereocenters. The molecule has 0 spiro atoms. The number of para-hydroxylation sites is 2. The molecule has 0 fully saturated rings. The van der Waals surface area contributed by atoms with Crippen LogP contribution in [0.1, 0.15) is 37.1 Å². The van der Waals surface area contributed by atoms with E-state index in [2.05, 4.69) is 50.3 Å². The Balaban J connectivity index is 0.000000216. The third-order valence-electron chi connectivity index (χ3n) is 11.3. The molecule has 0 amide bonds. The lowest BCUT2D eigenvalue weighted by Crippen LogP contribution is -2.24.